The minimum atomic E-state index is 0.00680. The molecule has 2 heterocycles. The van der Waals surface area contributed by atoms with E-state index in [2.05, 4.69) is 16.0 Å². The highest BCUT2D eigenvalue weighted by Crippen LogP contribution is 2.32. The smallest absolute Gasteiger partial charge is 0.254 e. The van der Waals surface area contributed by atoms with E-state index >= 15 is 0 Å². The molecule has 0 radical (unpaired) electrons. The molecule has 4 rings (SSSR count). The van der Waals surface area contributed by atoms with E-state index in [1.54, 1.807) is 0 Å². The summed E-state index contributed by atoms with van der Waals surface area (Å²) in [6.07, 6.45) is 0. The van der Waals surface area contributed by atoms with Crippen molar-refractivity contribution in [2.45, 2.75) is 40.5 Å². The molecule has 1 amide bonds. The number of aromatic nitrogens is 2. The topological polar surface area (TPSA) is 96.6 Å². The van der Waals surface area contributed by atoms with Crippen molar-refractivity contribution in [2.75, 3.05) is 13.1 Å². The number of nitrogens with zero attached hydrogens (tertiary/aromatic N) is 4. The molecule has 6 heteroatoms. The molecule has 0 spiro atoms. The van der Waals surface area contributed by atoms with Gasteiger partial charge in [-0.05, 0) is 55.7 Å². The van der Waals surface area contributed by atoms with Crippen LogP contribution in [0, 0.1) is 43.4 Å². The molecule has 0 unspecified atom stereocenters. The first-order valence-electron chi connectivity index (χ1n) is 10.8. The standard InChI is InChI=1S/C24H21N5O.C2H6/c1-14-8-15(2)21(9-20(14)23-16(3)27-22(11-26)28-23)24(30)29-12-19(13-29)18-6-4-17(10-25)5-7-18;1-2/h4-9,19H,12-13H2,1-3H3,(H,27,28);1-2H3. The summed E-state index contributed by atoms with van der Waals surface area (Å²) in [4.78, 5) is 22.4. The molecule has 1 N–H and O–H groups in total. The normalized spacial score (nSPS) is 12.8. The van der Waals surface area contributed by atoms with Crippen molar-refractivity contribution in [3.63, 3.8) is 0 Å². The minimum absolute atomic E-state index is 0.00680. The fourth-order valence-electron chi connectivity index (χ4n) is 3.97. The zero-order valence-corrected chi connectivity index (χ0v) is 19.2. The van der Waals surface area contributed by atoms with E-state index in [0.29, 0.717) is 35.8 Å². The van der Waals surface area contributed by atoms with Crippen LogP contribution in [-0.2, 0) is 0 Å². The fourth-order valence-corrected chi connectivity index (χ4v) is 3.97. The zero-order valence-electron chi connectivity index (χ0n) is 19.2. The van der Waals surface area contributed by atoms with Crippen LogP contribution in [0.25, 0.3) is 11.3 Å². The summed E-state index contributed by atoms with van der Waals surface area (Å²) in [5.41, 5.74) is 6.77. The van der Waals surface area contributed by atoms with Gasteiger partial charge in [0.1, 0.15) is 6.07 Å². The number of aromatic amines is 1. The summed E-state index contributed by atoms with van der Waals surface area (Å²) in [5, 5.41) is 18.1. The Hall–Kier alpha value is -3.90. The molecule has 0 atom stereocenters. The Morgan fingerprint density at radius 3 is 2.25 bits per heavy atom. The van der Waals surface area contributed by atoms with E-state index in [1.165, 1.54) is 0 Å². The molecular weight excluding hydrogens is 398 g/mol. The monoisotopic (exact) mass is 425 g/mol. The Balaban J connectivity index is 0.00000141. The lowest BCUT2D eigenvalue weighted by Gasteiger charge is -2.40. The number of H-pyrrole nitrogens is 1. The van der Waals surface area contributed by atoms with Crippen molar-refractivity contribution < 1.29 is 4.79 Å². The fraction of sp³-hybridized carbons (Fsp3) is 0.308. The Morgan fingerprint density at radius 1 is 1.03 bits per heavy atom. The maximum Gasteiger partial charge on any atom is 0.254 e. The number of imidazole rings is 1. The molecule has 1 fully saturated rings. The number of hydrogen-bond donors (Lipinski definition) is 1. The van der Waals surface area contributed by atoms with Crippen LogP contribution in [0.2, 0.25) is 0 Å². The van der Waals surface area contributed by atoms with E-state index in [1.807, 2.05) is 82.0 Å². The summed E-state index contributed by atoms with van der Waals surface area (Å²) in [6, 6.07) is 15.6. The largest absolute Gasteiger partial charge is 0.337 e. The van der Waals surface area contributed by atoms with Crippen LogP contribution in [0.15, 0.2) is 36.4 Å². The number of nitriles is 2. The van der Waals surface area contributed by atoms with Gasteiger partial charge >= 0.3 is 0 Å². The van der Waals surface area contributed by atoms with Crippen LogP contribution in [-0.4, -0.2) is 33.9 Å². The van der Waals surface area contributed by atoms with Crippen LogP contribution < -0.4 is 0 Å². The van der Waals surface area contributed by atoms with Gasteiger partial charge in [-0.15, -0.1) is 0 Å². The predicted octanol–water partition coefficient (Wildman–Crippen LogP) is 5.01. The van der Waals surface area contributed by atoms with Gasteiger partial charge in [-0.2, -0.15) is 10.5 Å². The number of benzene rings is 2. The summed E-state index contributed by atoms with van der Waals surface area (Å²) in [6.45, 7) is 11.1. The number of carbonyl (C=O) groups excluding carboxylic acids is 1. The van der Waals surface area contributed by atoms with E-state index in [-0.39, 0.29) is 11.7 Å². The number of likely N-dealkylation sites (tertiary alicyclic amines) is 1. The van der Waals surface area contributed by atoms with Crippen LogP contribution in [0.5, 0.6) is 0 Å². The van der Waals surface area contributed by atoms with Gasteiger partial charge < -0.3 is 9.88 Å². The summed E-state index contributed by atoms with van der Waals surface area (Å²) < 4.78 is 0. The first kappa shape index (κ1) is 22.8. The minimum Gasteiger partial charge on any atom is -0.337 e. The lowest BCUT2D eigenvalue weighted by molar-refractivity contribution is 0.0601. The maximum atomic E-state index is 13.2. The van der Waals surface area contributed by atoms with Crippen LogP contribution >= 0.6 is 0 Å². The molecular formula is C26H27N5O. The van der Waals surface area contributed by atoms with Gasteiger partial charge in [-0.3, -0.25) is 4.79 Å². The van der Waals surface area contributed by atoms with Crippen molar-refractivity contribution in [2.24, 2.45) is 0 Å². The molecule has 1 aliphatic rings. The number of nitrogens with one attached hydrogen (secondary N) is 1. The summed E-state index contributed by atoms with van der Waals surface area (Å²) in [5.74, 6) is 0.564. The van der Waals surface area contributed by atoms with Gasteiger partial charge in [0.05, 0.1) is 17.3 Å². The van der Waals surface area contributed by atoms with Gasteiger partial charge in [0, 0.05) is 35.8 Å². The highest BCUT2D eigenvalue weighted by atomic mass is 16.2. The average molecular weight is 426 g/mol. The van der Waals surface area contributed by atoms with Gasteiger partial charge in [-0.1, -0.05) is 32.0 Å². The lowest BCUT2D eigenvalue weighted by Crippen LogP contribution is -2.48. The average Bonchev–Trinajstić information content (AvgIpc) is 3.15. The molecule has 0 aliphatic carbocycles. The van der Waals surface area contributed by atoms with E-state index in [0.717, 1.165) is 27.9 Å². The second-order valence-electron chi connectivity index (χ2n) is 7.79. The molecule has 32 heavy (non-hydrogen) atoms. The Morgan fingerprint density at radius 2 is 1.69 bits per heavy atom. The Bertz CT molecular complexity index is 1220. The molecule has 0 saturated carbocycles. The molecule has 3 aromatic rings. The molecule has 6 nitrogen and oxygen atoms in total. The number of hydrogen-bond acceptors (Lipinski definition) is 4. The lowest BCUT2D eigenvalue weighted by atomic mass is 9.89. The third-order valence-electron chi connectivity index (χ3n) is 5.73. The SMILES string of the molecule is CC.Cc1cc(C)c(-c2nc(C#N)[nH]c2C)cc1C(=O)N1CC(c2ccc(C#N)cc2)C1. The molecule has 2 aromatic carbocycles. The molecule has 1 aliphatic heterocycles. The van der Waals surface area contributed by atoms with Crippen molar-refractivity contribution in [3.8, 4) is 23.4 Å². The zero-order chi connectivity index (χ0) is 23.4. The number of rotatable bonds is 3. The second kappa shape index (κ2) is 9.49. The third-order valence-corrected chi connectivity index (χ3v) is 5.73. The summed E-state index contributed by atoms with van der Waals surface area (Å²) in [7, 11) is 0. The third kappa shape index (κ3) is 4.26. The van der Waals surface area contributed by atoms with Crippen LogP contribution in [0.1, 0.15) is 63.9 Å². The summed E-state index contributed by atoms with van der Waals surface area (Å²) >= 11 is 0. The molecule has 1 saturated heterocycles. The van der Waals surface area contributed by atoms with Crippen LogP contribution in [0.3, 0.4) is 0 Å². The number of amides is 1. The van der Waals surface area contributed by atoms with Gasteiger partial charge in [0.15, 0.2) is 0 Å². The van der Waals surface area contributed by atoms with Gasteiger partial charge in [-0.25, -0.2) is 4.98 Å². The Labute approximate surface area is 189 Å². The first-order chi connectivity index (χ1) is 15.4. The molecule has 0 bridgehead atoms. The second-order valence-corrected chi connectivity index (χ2v) is 7.79. The van der Waals surface area contributed by atoms with E-state index in [4.69, 9.17) is 10.5 Å². The van der Waals surface area contributed by atoms with Crippen LogP contribution in [0.4, 0.5) is 0 Å². The van der Waals surface area contributed by atoms with Crippen molar-refractivity contribution >= 4 is 5.91 Å². The highest BCUT2D eigenvalue weighted by molar-refractivity contribution is 5.98. The van der Waals surface area contributed by atoms with E-state index < -0.39 is 0 Å². The number of carbonyl (C=O) groups is 1. The maximum absolute atomic E-state index is 13.2. The van der Waals surface area contributed by atoms with Gasteiger partial charge in [0.25, 0.3) is 5.91 Å². The predicted molar refractivity (Wildman–Crippen MR) is 124 cm³/mol. The van der Waals surface area contributed by atoms with Crippen molar-refractivity contribution in [1.82, 2.24) is 14.9 Å². The van der Waals surface area contributed by atoms with Gasteiger partial charge in [0.2, 0.25) is 5.82 Å². The first-order valence-corrected chi connectivity index (χ1v) is 10.8. The number of aryl methyl sites for hydroxylation is 3. The Kier molecular flexibility index (Phi) is 6.76. The quantitative estimate of drug-likeness (QED) is 0.638. The highest BCUT2D eigenvalue weighted by Gasteiger charge is 2.33. The molecule has 1 aromatic heterocycles. The van der Waals surface area contributed by atoms with Crippen molar-refractivity contribution in [3.05, 3.63) is 75.7 Å². The van der Waals surface area contributed by atoms with E-state index in [9.17, 15) is 4.79 Å². The van der Waals surface area contributed by atoms with Crippen molar-refractivity contribution in [1.29, 1.82) is 10.5 Å². The molecule has 162 valence electrons.